The lowest BCUT2D eigenvalue weighted by atomic mass is 10.0. The molecule has 160 valence electrons. The number of aromatic nitrogens is 3. The molecule has 10 heteroatoms. The Hall–Kier alpha value is -2.16. The van der Waals surface area contributed by atoms with Crippen molar-refractivity contribution in [2.24, 2.45) is 0 Å². The van der Waals surface area contributed by atoms with Crippen molar-refractivity contribution in [2.45, 2.75) is 64.8 Å². The Bertz CT molecular complexity index is 912. The largest absolute Gasteiger partial charge is 0.444 e. The second-order valence-electron chi connectivity index (χ2n) is 8.53. The van der Waals surface area contributed by atoms with Crippen molar-refractivity contribution in [2.75, 3.05) is 18.4 Å². The van der Waals surface area contributed by atoms with Gasteiger partial charge in [-0.25, -0.2) is 23.1 Å². The number of alkyl halides is 1. The van der Waals surface area contributed by atoms with E-state index in [9.17, 15) is 13.6 Å². The highest BCUT2D eigenvalue weighted by atomic mass is 35.5. The van der Waals surface area contributed by atoms with E-state index in [0.717, 1.165) is 0 Å². The van der Waals surface area contributed by atoms with Gasteiger partial charge in [0, 0.05) is 6.54 Å². The Morgan fingerprint density at radius 2 is 2.10 bits per heavy atom. The summed E-state index contributed by atoms with van der Waals surface area (Å²) >= 11 is 6.10. The van der Waals surface area contributed by atoms with Crippen molar-refractivity contribution in [1.29, 1.82) is 0 Å². The third-order valence-electron chi connectivity index (χ3n) is 4.66. The molecule has 3 rings (SSSR count). The van der Waals surface area contributed by atoms with E-state index in [1.54, 1.807) is 20.8 Å². The number of hydrogen-bond donors (Lipinski definition) is 1. The van der Waals surface area contributed by atoms with Gasteiger partial charge in [0.2, 0.25) is 5.95 Å². The van der Waals surface area contributed by atoms with Crippen LogP contribution in [0.1, 0.15) is 52.7 Å². The van der Waals surface area contributed by atoms with Crippen molar-refractivity contribution in [1.82, 2.24) is 19.5 Å². The summed E-state index contributed by atoms with van der Waals surface area (Å²) < 4.78 is 35.7. The minimum absolute atomic E-state index is 0.0143. The lowest BCUT2D eigenvalue weighted by molar-refractivity contribution is 0.0125. The van der Waals surface area contributed by atoms with Crippen LogP contribution in [0.3, 0.4) is 0 Å². The lowest BCUT2D eigenvalue weighted by Crippen LogP contribution is -2.51. The topological polar surface area (TPSA) is 71.8 Å². The molecule has 1 aliphatic heterocycles. The van der Waals surface area contributed by atoms with Gasteiger partial charge in [-0.2, -0.15) is 0 Å². The first-order chi connectivity index (χ1) is 13.5. The maximum absolute atomic E-state index is 14.7. The molecule has 1 saturated heterocycles. The summed E-state index contributed by atoms with van der Waals surface area (Å²) in [6.07, 6.45) is -0.175. The molecule has 2 aromatic rings. The number of amides is 1. The van der Waals surface area contributed by atoms with E-state index < -0.39 is 29.7 Å². The molecule has 7 nitrogen and oxygen atoms in total. The van der Waals surface area contributed by atoms with E-state index in [1.807, 2.05) is 13.8 Å². The van der Waals surface area contributed by atoms with E-state index >= 15 is 0 Å². The zero-order chi connectivity index (χ0) is 21.5. The van der Waals surface area contributed by atoms with E-state index in [4.69, 9.17) is 16.3 Å². The van der Waals surface area contributed by atoms with E-state index in [2.05, 4.69) is 15.4 Å². The Morgan fingerprint density at radius 3 is 2.69 bits per heavy atom. The molecular weight excluding hydrogens is 404 g/mol. The molecule has 0 aromatic carbocycles. The molecule has 0 spiro atoms. The maximum atomic E-state index is 14.7. The molecule has 3 heterocycles. The minimum atomic E-state index is -1.33. The number of carbonyl (C=O) groups excluding carboxylic acids is 1. The molecule has 1 aliphatic rings. The first-order valence-electron chi connectivity index (χ1n) is 9.59. The third-order valence-corrected chi connectivity index (χ3v) is 5.02. The zero-order valence-corrected chi connectivity index (χ0v) is 17.9. The van der Waals surface area contributed by atoms with Crippen LogP contribution in [0, 0.1) is 5.82 Å². The van der Waals surface area contributed by atoms with Gasteiger partial charge >= 0.3 is 6.09 Å². The van der Waals surface area contributed by atoms with Crippen LogP contribution in [-0.2, 0) is 4.74 Å². The SMILES string of the molecule is CC(C)c1c(Cl)c(F)c2cnc(N[C@@H]3CCN(C(=O)OC(C)(C)C)C[C@H]3F)nn12. The predicted octanol–water partition coefficient (Wildman–Crippen LogP) is 4.40. The number of fused-ring (bicyclic) bond motifs is 1. The van der Waals surface area contributed by atoms with Crippen LogP contribution < -0.4 is 5.32 Å². The number of carbonyl (C=O) groups is 1. The molecule has 2 atom stereocenters. The highest BCUT2D eigenvalue weighted by Gasteiger charge is 2.34. The molecular formula is C19H26ClF2N5O2. The number of nitrogens with zero attached hydrogens (tertiary/aromatic N) is 4. The van der Waals surface area contributed by atoms with Gasteiger partial charge in [0.25, 0.3) is 0 Å². The first kappa shape index (κ1) is 21.5. The Morgan fingerprint density at radius 1 is 1.41 bits per heavy atom. The number of hydrogen-bond acceptors (Lipinski definition) is 5. The molecule has 0 saturated carbocycles. The smallest absolute Gasteiger partial charge is 0.410 e. The summed E-state index contributed by atoms with van der Waals surface area (Å²) in [5.74, 6) is -0.464. The highest BCUT2D eigenvalue weighted by molar-refractivity contribution is 6.32. The Kier molecular flexibility index (Phi) is 5.89. The number of likely N-dealkylation sites (tertiary alicyclic amines) is 1. The number of ether oxygens (including phenoxy) is 1. The third kappa shape index (κ3) is 4.55. The van der Waals surface area contributed by atoms with Crippen molar-refractivity contribution < 1.29 is 18.3 Å². The maximum Gasteiger partial charge on any atom is 0.410 e. The van der Waals surface area contributed by atoms with Gasteiger partial charge in [0.15, 0.2) is 5.82 Å². The lowest BCUT2D eigenvalue weighted by Gasteiger charge is -2.35. The van der Waals surface area contributed by atoms with Gasteiger partial charge in [0.05, 0.1) is 24.5 Å². The molecule has 0 bridgehead atoms. The van der Waals surface area contributed by atoms with Crippen molar-refractivity contribution >= 4 is 29.2 Å². The molecule has 0 aliphatic carbocycles. The molecule has 1 N–H and O–H groups in total. The van der Waals surface area contributed by atoms with E-state index in [1.165, 1.54) is 15.6 Å². The van der Waals surface area contributed by atoms with Crippen LogP contribution in [-0.4, -0.2) is 56.5 Å². The molecule has 1 amide bonds. The summed E-state index contributed by atoms with van der Waals surface area (Å²) in [6.45, 7) is 9.31. The zero-order valence-electron chi connectivity index (χ0n) is 17.2. The van der Waals surface area contributed by atoms with Gasteiger partial charge in [-0.1, -0.05) is 25.4 Å². The number of piperidine rings is 1. The number of halogens is 3. The summed E-state index contributed by atoms with van der Waals surface area (Å²) in [4.78, 5) is 17.6. The Balaban J connectivity index is 1.73. The fourth-order valence-electron chi connectivity index (χ4n) is 3.29. The number of nitrogens with one attached hydrogen (secondary N) is 1. The van der Waals surface area contributed by atoms with E-state index in [-0.39, 0.29) is 29.0 Å². The number of anilines is 1. The van der Waals surface area contributed by atoms with Gasteiger partial charge in [-0.05, 0) is 33.1 Å². The van der Waals surface area contributed by atoms with Crippen LogP contribution in [0.5, 0.6) is 0 Å². The highest BCUT2D eigenvalue weighted by Crippen LogP contribution is 2.31. The summed E-state index contributed by atoms with van der Waals surface area (Å²) in [6, 6.07) is -0.579. The normalized spacial score (nSPS) is 20.4. The monoisotopic (exact) mass is 429 g/mol. The minimum Gasteiger partial charge on any atom is -0.444 e. The van der Waals surface area contributed by atoms with Crippen molar-refractivity contribution in [3.63, 3.8) is 0 Å². The molecule has 1 fully saturated rings. The van der Waals surface area contributed by atoms with Crippen LogP contribution >= 0.6 is 11.6 Å². The fraction of sp³-hybridized carbons (Fsp3) is 0.632. The van der Waals surface area contributed by atoms with Gasteiger partial charge < -0.3 is 15.0 Å². The molecule has 2 aromatic heterocycles. The average Bonchev–Trinajstić information content (AvgIpc) is 2.85. The van der Waals surface area contributed by atoms with Gasteiger partial charge in [-0.15, -0.1) is 5.10 Å². The molecule has 0 unspecified atom stereocenters. The predicted molar refractivity (Wildman–Crippen MR) is 107 cm³/mol. The second-order valence-corrected chi connectivity index (χ2v) is 8.91. The summed E-state index contributed by atoms with van der Waals surface area (Å²) in [5, 5.41) is 7.28. The number of rotatable bonds is 3. The average molecular weight is 430 g/mol. The molecule has 29 heavy (non-hydrogen) atoms. The summed E-state index contributed by atoms with van der Waals surface area (Å²) in [5.41, 5.74) is 0.0600. The molecule has 0 radical (unpaired) electrons. The quantitative estimate of drug-likeness (QED) is 0.782. The van der Waals surface area contributed by atoms with Crippen LogP contribution in [0.25, 0.3) is 5.52 Å². The second kappa shape index (κ2) is 7.93. The van der Waals surface area contributed by atoms with Crippen molar-refractivity contribution in [3.8, 4) is 0 Å². The van der Waals surface area contributed by atoms with Crippen LogP contribution in [0.2, 0.25) is 5.02 Å². The van der Waals surface area contributed by atoms with Crippen molar-refractivity contribution in [3.05, 3.63) is 22.7 Å². The van der Waals surface area contributed by atoms with Crippen LogP contribution in [0.15, 0.2) is 6.20 Å². The first-order valence-corrected chi connectivity index (χ1v) is 9.97. The van der Waals surface area contributed by atoms with Crippen LogP contribution in [0.4, 0.5) is 19.5 Å². The van der Waals surface area contributed by atoms with Gasteiger partial charge in [-0.3, -0.25) is 0 Å². The van der Waals surface area contributed by atoms with E-state index in [0.29, 0.717) is 18.7 Å². The fourth-order valence-corrected chi connectivity index (χ4v) is 3.69. The standard InChI is InChI=1S/C19H26ClF2N5O2/c1-10(2)16-14(20)15(22)13-8-23-17(25-27(13)16)24-12-6-7-26(9-11(12)21)18(28)29-19(3,4)5/h8,10-12H,6-7,9H2,1-5H3,(H,24,25)/t11-,12-/m1/s1. The Labute approximate surface area is 173 Å². The van der Waals surface area contributed by atoms with Gasteiger partial charge in [0.1, 0.15) is 22.3 Å². The summed E-state index contributed by atoms with van der Waals surface area (Å²) in [7, 11) is 0.